The van der Waals surface area contributed by atoms with E-state index in [4.69, 9.17) is 4.74 Å². The number of carbonyl (C=O) groups excluding carboxylic acids is 1. The van der Waals surface area contributed by atoms with Crippen molar-refractivity contribution in [3.05, 3.63) is 11.6 Å². The SMILES string of the molecule is CC(=O)O[C@@H]1C[C@@H](O)[C@@]2(C)[C@H](CC[C@]3(C)[C@H]2[C@H](O)C=C2[C@@H]4CC(C)(C)CC[C@]4(C)CC[C@]23C)C1(C)C. The highest BCUT2D eigenvalue weighted by atomic mass is 16.5. The Morgan fingerprint density at radius 3 is 2.22 bits per heavy atom. The van der Waals surface area contributed by atoms with E-state index in [-0.39, 0.29) is 40.2 Å². The second kappa shape index (κ2) is 7.84. The Hall–Kier alpha value is -0.870. The normalized spacial score (nSPS) is 53.1. The van der Waals surface area contributed by atoms with E-state index in [1.807, 2.05) is 0 Å². The molecular formula is C32H52O4. The first-order valence-corrected chi connectivity index (χ1v) is 14.7. The molecule has 5 aliphatic carbocycles. The average Bonchev–Trinajstić information content (AvgIpc) is 2.74. The lowest BCUT2D eigenvalue weighted by Gasteiger charge is -2.72. The van der Waals surface area contributed by atoms with Crippen LogP contribution in [0.2, 0.25) is 0 Å². The van der Waals surface area contributed by atoms with Crippen LogP contribution in [0.1, 0.15) is 114 Å². The van der Waals surface area contributed by atoms with E-state index in [0.717, 1.165) is 12.8 Å². The van der Waals surface area contributed by atoms with Crippen LogP contribution in [0.4, 0.5) is 0 Å². The van der Waals surface area contributed by atoms with E-state index in [2.05, 4.69) is 61.5 Å². The first kappa shape index (κ1) is 26.7. The van der Waals surface area contributed by atoms with E-state index in [9.17, 15) is 15.0 Å². The predicted molar refractivity (Wildman–Crippen MR) is 143 cm³/mol. The summed E-state index contributed by atoms with van der Waals surface area (Å²) < 4.78 is 5.78. The summed E-state index contributed by atoms with van der Waals surface area (Å²) in [6.07, 6.45) is 9.48. The Kier molecular flexibility index (Phi) is 5.82. The molecule has 0 aromatic rings. The minimum Gasteiger partial charge on any atom is -0.462 e. The number of carbonyl (C=O) groups is 1. The summed E-state index contributed by atoms with van der Waals surface area (Å²) in [6.45, 7) is 20.5. The number of allylic oxidation sites excluding steroid dienone is 1. The molecule has 36 heavy (non-hydrogen) atoms. The first-order chi connectivity index (χ1) is 16.4. The van der Waals surface area contributed by atoms with E-state index in [1.165, 1.54) is 44.6 Å². The average molecular weight is 501 g/mol. The maximum Gasteiger partial charge on any atom is 0.302 e. The summed E-state index contributed by atoms with van der Waals surface area (Å²) in [5.41, 5.74) is 1.43. The predicted octanol–water partition coefficient (Wildman–Crippen LogP) is 6.68. The van der Waals surface area contributed by atoms with Gasteiger partial charge in [-0.05, 0) is 78.4 Å². The first-order valence-electron chi connectivity index (χ1n) is 14.7. The Morgan fingerprint density at radius 1 is 0.944 bits per heavy atom. The zero-order valence-electron chi connectivity index (χ0n) is 24.4. The third-order valence-corrected chi connectivity index (χ3v) is 13.4. The Bertz CT molecular complexity index is 965. The lowest BCUT2D eigenvalue weighted by Crippen LogP contribution is -2.70. The number of fused-ring (bicyclic) bond motifs is 7. The van der Waals surface area contributed by atoms with Crippen LogP contribution in [-0.2, 0) is 9.53 Å². The van der Waals surface area contributed by atoms with Crippen molar-refractivity contribution >= 4 is 5.97 Å². The fourth-order valence-electron chi connectivity index (χ4n) is 10.9. The zero-order valence-corrected chi connectivity index (χ0v) is 24.4. The fraction of sp³-hybridized carbons (Fsp3) is 0.906. The maximum atomic E-state index is 12.1. The van der Waals surface area contributed by atoms with Gasteiger partial charge in [0.15, 0.2) is 0 Å². The minimum absolute atomic E-state index is 0.0222. The highest BCUT2D eigenvalue weighted by Crippen LogP contribution is 2.75. The number of aliphatic hydroxyl groups excluding tert-OH is 2. The summed E-state index contributed by atoms with van der Waals surface area (Å²) in [4.78, 5) is 11.9. The molecule has 0 aromatic carbocycles. The molecular weight excluding hydrogens is 448 g/mol. The van der Waals surface area contributed by atoms with Crippen molar-refractivity contribution in [2.75, 3.05) is 0 Å². The van der Waals surface area contributed by atoms with Crippen molar-refractivity contribution < 1.29 is 19.7 Å². The number of hydrogen-bond acceptors (Lipinski definition) is 4. The Labute approximate surface area is 219 Å². The molecule has 0 heterocycles. The van der Waals surface area contributed by atoms with E-state index >= 15 is 0 Å². The number of esters is 1. The molecule has 4 heteroatoms. The maximum absolute atomic E-state index is 12.1. The van der Waals surface area contributed by atoms with Gasteiger partial charge in [0.2, 0.25) is 0 Å². The van der Waals surface area contributed by atoms with Crippen LogP contribution < -0.4 is 0 Å². The molecule has 0 amide bonds. The van der Waals surface area contributed by atoms with Gasteiger partial charge in [-0.15, -0.1) is 0 Å². The molecule has 4 saturated carbocycles. The van der Waals surface area contributed by atoms with Gasteiger partial charge in [0.05, 0.1) is 12.2 Å². The van der Waals surface area contributed by atoms with Crippen LogP contribution in [0.5, 0.6) is 0 Å². The monoisotopic (exact) mass is 500 g/mol. The van der Waals surface area contributed by atoms with Gasteiger partial charge in [-0.3, -0.25) is 4.79 Å². The smallest absolute Gasteiger partial charge is 0.302 e. The summed E-state index contributed by atoms with van der Waals surface area (Å²) >= 11 is 0. The molecule has 0 aromatic heterocycles. The van der Waals surface area contributed by atoms with Crippen molar-refractivity contribution in [3.8, 4) is 0 Å². The standard InChI is InChI=1S/C32H52O4/c1-19(33)36-25-17-24(35)32(9)23(28(25,4)5)10-11-31(8)26(32)22(34)16-20-21-18-27(2,3)12-13-29(21,6)14-15-30(20,31)7/h16,21-26,34-35H,10-15,17-18H2,1-9H3/t21-,22+,23+,24+,25+,26+,29+,30+,31+,32+/m0/s1. The molecule has 0 spiro atoms. The zero-order chi connectivity index (χ0) is 26.7. The Morgan fingerprint density at radius 2 is 1.58 bits per heavy atom. The third kappa shape index (κ3) is 3.34. The molecule has 2 N–H and O–H groups in total. The van der Waals surface area contributed by atoms with Crippen LogP contribution >= 0.6 is 0 Å². The molecule has 0 unspecified atom stereocenters. The molecule has 0 bridgehead atoms. The third-order valence-electron chi connectivity index (χ3n) is 13.4. The molecule has 0 saturated heterocycles. The number of ether oxygens (including phenoxy) is 1. The number of rotatable bonds is 1. The van der Waals surface area contributed by atoms with Crippen LogP contribution in [0.3, 0.4) is 0 Å². The van der Waals surface area contributed by atoms with Gasteiger partial charge in [-0.25, -0.2) is 0 Å². The number of aliphatic hydroxyl groups is 2. The van der Waals surface area contributed by atoms with E-state index < -0.39 is 17.6 Å². The van der Waals surface area contributed by atoms with E-state index in [0.29, 0.717) is 23.2 Å². The quantitative estimate of drug-likeness (QED) is 0.311. The van der Waals surface area contributed by atoms with Gasteiger partial charge < -0.3 is 14.9 Å². The van der Waals surface area contributed by atoms with Crippen LogP contribution in [-0.4, -0.2) is 34.5 Å². The van der Waals surface area contributed by atoms with Gasteiger partial charge in [-0.2, -0.15) is 0 Å². The molecule has 5 rings (SSSR count). The molecule has 0 aliphatic heterocycles. The van der Waals surface area contributed by atoms with Crippen LogP contribution in [0, 0.1) is 50.2 Å². The van der Waals surface area contributed by atoms with Crippen molar-refractivity contribution in [3.63, 3.8) is 0 Å². The molecule has 5 aliphatic rings. The molecule has 4 fully saturated rings. The van der Waals surface area contributed by atoms with Crippen molar-refractivity contribution in [1.29, 1.82) is 0 Å². The number of hydrogen-bond donors (Lipinski definition) is 2. The Balaban J connectivity index is 1.60. The largest absolute Gasteiger partial charge is 0.462 e. The van der Waals surface area contributed by atoms with Gasteiger partial charge in [-0.1, -0.05) is 67.0 Å². The van der Waals surface area contributed by atoms with Gasteiger partial charge in [0.25, 0.3) is 0 Å². The summed E-state index contributed by atoms with van der Waals surface area (Å²) in [5.74, 6) is 0.403. The summed E-state index contributed by atoms with van der Waals surface area (Å²) in [6, 6.07) is 0. The molecule has 10 atom stereocenters. The minimum atomic E-state index is -0.611. The van der Waals surface area contributed by atoms with Crippen molar-refractivity contribution in [2.45, 2.75) is 132 Å². The molecule has 204 valence electrons. The topological polar surface area (TPSA) is 66.8 Å². The molecule has 4 nitrogen and oxygen atoms in total. The van der Waals surface area contributed by atoms with Crippen molar-refractivity contribution in [2.24, 2.45) is 50.2 Å². The highest BCUT2D eigenvalue weighted by Gasteiger charge is 2.72. The lowest BCUT2D eigenvalue weighted by molar-refractivity contribution is -0.263. The second-order valence-electron chi connectivity index (χ2n) is 16.0. The fourth-order valence-corrected chi connectivity index (χ4v) is 10.9. The van der Waals surface area contributed by atoms with Gasteiger partial charge >= 0.3 is 5.97 Å². The summed E-state index contributed by atoms with van der Waals surface area (Å²) in [7, 11) is 0. The van der Waals surface area contributed by atoms with Crippen LogP contribution in [0.25, 0.3) is 0 Å². The van der Waals surface area contributed by atoms with Gasteiger partial charge in [0, 0.05) is 30.1 Å². The van der Waals surface area contributed by atoms with Crippen LogP contribution in [0.15, 0.2) is 11.6 Å². The molecule has 0 radical (unpaired) electrons. The van der Waals surface area contributed by atoms with Gasteiger partial charge in [0.1, 0.15) is 6.10 Å². The van der Waals surface area contributed by atoms with Crippen molar-refractivity contribution in [1.82, 2.24) is 0 Å². The lowest BCUT2D eigenvalue weighted by atomic mass is 9.33. The summed E-state index contributed by atoms with van der Waals surface area (Å²) in [5, 5.41) is 23.9. The second-order valence-corrected chi connectivity index (χ2v) is 16.0. The highest BCUT2D eigenvalue weighted by molar-refractivity contribution is 5.66. The van der Waals surface area contributed by atoms with E-state index in [1.54, 1.807) is 0 Å².